The van der Waals surface area contributed by atoms with E-state index >= 15 is 0 Å². The Kier molecular flexibility index (Phi) is 5.57. The molecule has 3 heteroatoms. The van der Waals surface area contributed by atoms with Gasteiger partial charge in [0.05, 0.1) is 16.8 Å². The Labute approximate surface area is 270 Å². The number of fused-ring (bicyclic) bond motifs is 8. The molecule has 0 unspecified atom stereocenters. The smallest absolute Gasteiger partial charge is 0.160 e. The molecule has 0 aliphatic carbocycles. The molecule has 0 aliphatic rings. The van der Waals surface area contributed by atoms with E-state index in [4.69, 9.17) is 8.83 Å². The third-order valence-corrected chi connectivity index (χ3v) is 9.44. The van der Waals surface area contributed by atoms with Crippen LogP contribution < -0.4 is 4.90 Å². The van der Waals surface area contributed by atoms with Gasteiger partial charge in [0.2, 0.25) is 0 Å². The molecular weight excluding hydrogens is 574 g/mol. The molecule has 0 N–H and O–H groups in total. The largest absolute Gasteiger partial charge is 0.456 e. The van der Waals surface area contributed by atoms with E-state index in [9.17, 15) is 0 Å². The van der Waals surface area contributed by atoms with Gasteiger partial charge in [0.25, 0.3) is 0 Å². The number of hydrogen-bond acceptors (Lipinski definition) is 3. The first-order chi connectivity index (χ1) is 23.3. The number of anilines is 3. The molecule has 2 heterocycles. The van der Waals surface area contributed by atoms with E-state index < -0.39 is 0 Å². The quantitative estimate of drug-likeness (QED) is 0.201. The summed E-state index contributed by atoms with van der Waals surface area (Å²) in [5, 5.41) is 9.09. The van der Waals surface area contributed by atoms with Crippen LogP contribution in [0.3, 0.4) is 0 Å². The Morgan fingerprint density at radius 3 is 1.85 bits per heavy atom. The van der Waals surface area contributed by atoms with Gasteiger partial charge in [-0.2, -0.15) is 0 Å². The van der Waals surface area contributed by atoms with Crippen molar-refractivity contribution >= 4 is 82.5 Å². The second kappa shape index (κ2) is 10.1. The van der Waals surface area contributed by atoms with Crippen LogP contribution in [0, 0.1) is 0 Å². The lowest BCUT2D eigenvalue weighted by Gasteiger charge is -2.28. The fraction of sp³-hybridized carbons (Fsp3) is 0. The third kappa shape index (κ3) is 3.93. The maximum atomic E-state index is 6.77. The summed E-state index contributed by atoms with van der Waals surface area (Å²) in [5.74, 6) is 0. The molecule has 220 valence electrons. The van der Waals surface area contributed by atoms with Crippen LogP contribution in [0.2, 0.25) is 0 Å². The lowest BCUT2D eigenvalue weighted by Crippen LogP contribution is -2.11. The van der Waals surface area contributed by atoms with Crippen molar-refractivity contribution < 1.29 is 8.83 Å². The summed E-state index contributed by atoms with van der Waals surface area (Å²) in [7, 11) is 0. The van der Waals surface area contributed by atoms with Gasteiger partial charge in [0.1, 0.15) is 16.7 Å². The van der Waals surface area contributed by atoms with Crippen LogP contribution in [-0.2, 0) is 0 Å². The van der Waals surface area contributed by atoms with Crippen LogP contribution in [0.25, 0.3) is 76.5 Å². The predicted octanol–water partition coefficient (Wildman–Crippen LogP) is 12.9. The fourth-order valence-corrected chi connectivity index (χ4v) is 7.32. The highest BCUT2D eigenvalue weighted by Crippen LogP contribution is 2.49. The first-order valence-electron chi connectivity index (χ1n) is 15.9. The van der Waals surface area contributed by atoms with Crippen LogP contribution in [0.4, 0.5) is 17.1 Å². The third-order valence-electron chi connectivity index (χ3n) is 9.44. The van der Waals surface area contributed by atoms with Gasteiger partial charge < -0.3 is 13.7 Å². The van der Waals surface area contributed by atoms with Crippen molar-refractivity contribution in [3.05, 3.63) is 164 Å². The minimum atomic E-state index is 0.849. The highest BCUT2D eigenvalue weighted by molar-refractivity contribution is 6.21. The van der Waals surface area contributed by atoms with Gasteiger partial charge in [-0.3, -0.25) is 0 Å². The van der Waals surface area contributed by atoms with Crippen LogP contribution >= 0.6 is 0 Å². The van der Waals surface area contributed by atoms with Gasteiger partial charge >= 0.3 is 0 Å². The summed E-state index contributed by atoms with van der Waals surface area (Å²) in [6.45, 7) is 0. The molecular formula is C44H27NO2. The minimum Gasteiger partial charge on any atom is -0.456 e. The van der Waals surface area contributed by atoms with Crippen molar-refractivity contribution in [1.82, 2.24) is 0 Å². The zero-order valence-corrected chi connectivity index (χ0v) is 25.4. The normalized spacial score (nSPS) is 11.8. The molecule has 0 atom stereocenters. The van der Waals surface area contributed by atoms with Gasteiger partial charge in [-0.1, -0.05) is 121 Å². The molecule has 0 fully saturated rings. The summed E-state index contributed by atoms with van der Waals surface area (Å²) >= 11 is 0. The molecule has 0 spiro atoms. The van der Waals surface area contributed by atoms with Crippen LogP contribution in [0.5, 0.6) is 0 Å². The second-order valence-corrected chi connectivity index (χ2v) is 12.1. The Balaban J connectivity index is 1.30. The van der Waals surface area contributed by atoms with Crippen molar-refractivity contribution in [3.63, 3.8) is 0 Å². The molecule has 8 aromatic carbocycles. The topological polar surface area (TPSA) is 29.5 Å². The average Bonchev–Trinajstić information content (AvgIpc) is 3.70. The Bertz CT molecular complexity index is 2800. The molecule has 10 aromatic rings. The predicted molar refractivity (Wildman–Crippen MR) is 196 cm³/mol. The van der Waals surface area contributed by atoms with Gasteiger partial charge in [-0.15, -0.1) is 0 Å². The molecule has 3 nitrogen and oxygen atoms in total. The van der Waals surface area contributed by atoms with Gasteiger partial charge in [0, 0.05) is 27.2 Å². The number of rotatable bonds is 4. The minimum absolute atomic E-state index is 0.849. The summed E-state index contributed by atoms with van der Waals surface area (Å²) in [6, 6.07) is 57.8. The van der Waals surface area contributed by atoms with E-state index in [0.29, 0.717) is 0 Å². The first kappa shape index (κ1) is 26.0. The molecule has 47 heavy (non-hydrogen) atoms. The van der Waals surface area contributed by atoms with E-state index in [1.807, 2.05) is 18.2 Å². The molecule has 0 saturated heterocycles. The Hall–Kier alpha value is -6.32. The average molecular weight is 602 g/mol. The van der Waals surface area contributed by atoms with Crippen molar-refractivity contribution in [3.8, 4) is 11.1 Å². The molecule has 0 amide bonds. The Morgan fingerprint density at radius 1 is 0.404 bits per heavy atom. The van der Waals surface area contributed by atoms with E-state index in [-0.39, 0.29) is 0 Å². The number of hydrogen-bond donors (Lipinski definition) is 0. The maximum absolute atomic E-state index is 6.77. The van der Waals surface area contributed by atoms with E-state index in [1.165, 1.54) is 21.9 Å². The number of nitrogens with zero attached hydrogens (tertiary/aromatic N) is 1. The van der Waals surface area contributed by atoms with Crippen molar-refractivity contribution in [2.75, 3.05) is 4.90 Å². The zero-order valence-electron chi connectivity index (χ0n) is 25.4. The number of para-hydroxylation sites is 2. The summed E-state index contributed by atoms with van der Waals surface area (Å²) < 4.78 is 13.2. The van der Waals surface area contributed by atoms with Crippen LogP contribution in [-0.4, -0.2) is 0 Å². The molecule has 0 saturated carbocycles. The number of furan rings is 2. The molecule has 0 radical (unpaired) electrons. The number of benzene rings is 8. The summed E-state index contributed by atoms with van der Waals surface area (Å²) in [6.07, 6.45) is 0. The monoisotopic (exact) mass is 601 g/mol. The van der Waals surface area contributed by atoms with E-state index in [1.54, 1.807) is 0 Å². The van der Waals surface area contributed by atoms with Crippen molar-refractivity contribution in [1.29, 1.82) is 0 Å². The standard InChI is InChI=1S/C44H27NO2/c1-3-14-32-28(11-1)13-9-18-33(32)29-23-25-31(26-24-29)45(38-19-10-22-41-42(38)36-17-6-8-21-40(36)46-41)43-34-15-4-2-12-30(34)27-37-35-16-5-7-20-39(35)47-44(37)43/h1-27H. The molecule has 10 rings (SSSR count). The highest BCUT2D eigenvalue weighted by Gasteiger charge is 2.25. The van der Waals surface area contributed by atoms with E-state index in [2.05, 4.69) is 150 Å². The molecule has 2 aromatic heterocycles. The molecule has 0 bridgehead atoms. The second-order valence-electron chi connectivity index (χ2n) is 12.1. The van der Waals surface area contributed by atoms with Crippen molar-refractivity contribution in [2.24, 2.45) is 0 Å². The Morgan fingerprint density at radius 2 is 1.02 bits per heavy atom. The SMILES string of the molecule is c1ccc2c(-c3ccc(N(c4c5ccccc5cc5c4oc4ccccc45)c4cccc5oc6ccccc6c45)cc3)cccc2c1. The fourth-order valence-electron chi connectivity index (χ4n) is 7.32. The summed E-state index contributed by atoms with van der Waals surface area (Å²) in [4.78, 5) is 2.37. The maximum Gasteiger partial charge on any atom is 0.160 e. The van der Waals surface area contributed by atoms with Crippen molar-refractivity contribution in [2.45, 2.75) is 0 Å². The lowest BCUT2D eigenvalue weighted by atomic mass is 9.97. The molecule has 0 aliphatic heterocycles. The summed E-state index contributed by atoms with van der Waals surface area (Å²) in [5.41, 5.74) is 8.90. The van der Waals surface area contributed by atoms with Gasteiger partial charge in [0.15, 0.2) is 5.58 Å². The zero-order chi connectivity index (χ0) is 30.9. The van der Waals surface area contributed by atoms with Gasteiger partial charge in [-0.05, 0) is 69.8 Å². The lowest BCUT2D eigenvalue weighted by molar-refractivity contribution is 0.668. The van der Waals surface area contributed by atoms with Gasteiger partial charge in [-0.25, -0.2) is 0 Å². The first-order valence-corrected chi connectivity index (χ1v) is 15.9. The van der Waals surface area contributed by atoms with Crippen LogP contribution in [0.15, 0.2) is 173 Å². The van der Waals surface area contributed by atoms with Crippen LogP contribution in [0.1, 0.15) is 0 Å². The van der Waals surface area contributed by atoms with E-state index in [0.717, 1.165) is 71.7 Å². The highest BCUT2D eigenvalue weighted by atomic mass is 16.3.